The summed E-state index contributed by atoms with van der Waals surface area (Å²) in [5.74, 6) is 0.405. The van der Waals surface area contributed by atoms with E-state index in [0.717, 1.165) is 63.2 Å². The zero-order valence-electron chi connectivity index (χ0n) is 18.9. The van der Waals surface area contributed by atoms with E-state index in [4.69, 9.17) is 5.26 Å². The summed E-state index contributed by atoms with van der Waals surface area (Å²) >= 11 is 0. The smallest absolute Gasteiger partial charge is 0.270 e. The van der Waals surface area contributed by atoms with E-state index >= 15 is 0 Å². The Balaban J connectivity index is 1.44. The van der Waals surface area contributed by atoms with E-state index in [0.29, 0.717) is 17.0 Å². The highest BCUT2D eigenvalue weighted by atomic mass is 16.6. The summed E-state index contributed by atoms with van der Waals surface area (Å²) < 4.78 is 0. The lowest BCUT2D eigenvalue weighted by Crippen LogP contribution is -2.45. The van der Waals surface area contributed by atoms with Crippen molar-refractivity contribution in [1.29, 1.82) is 5.26 Å². The largest absolute Gasteiger partial charge is 0.371 e. The number of benzene rings is 2. The number of rotatable bonds is 5. The number of amides is 1. The van der Waals surface area contributed by atoms with Gasteiger partial charge >= 0.3 is 0 Å². The topological polar surface area (TPSA) is 103 Å². The molecule has 0 aromatic heterocycles. The van der Waals surface area contributed by atoms with Crippen LogP contribution in [0.4, 0.5) is 17.1 Å². The summed E-state index contributed by atoms with van der Waals surface area (Å²) in [6.45, 7) is 5.51. The van der Waals surface area contributed by atoms with E-state index in [1.807, 2.05) is 24.3 Å². The van der Waals surface area contributed by atoms with Crippen LogP contribution in [0, 0.1) is 27.4 Å². The third kappa shape index (κ3) is 5.25. The summed E-state index contributed by atoms with van der Waals surface area (Å²) in [4.78, 5) is 28.5. The summed E-state index contributed by atoms with van der Waals surface area (Å²) in [6.07, 6.45) is 3.67. The second-order valence-electron chi connectivity index (χ2n) is 9.02. The predicted molar refractivity (Wildman–Crippen MR) is 128 cm³/mol. The maximum absolute atomic E-state index is 13.2. The number of hydrogen-bond acceptors (Lipinski definition) is 6. The molecule has 2 fully saturated rings. The third-order valence-electron chi connectivity index (χ3n) is 6.75. The summed E-state index contributed by atoms with van der Waals surface area (Å²) in [5, 5.41) is 23.4. The number of non-ortho nitro benzene ring substituents is 1. The Hall–Kier alpha value is -3.60. The fraction of sp³-hybridized carbons (Fsp3) is 0.440. The van der Waals surface area contributed by atoms with Gasteiger partial charge in [-0.3, -0.25) is 14.9 Å². The molecule has 0 bridgehead atoms. The molecule has 0 unspecified atom stereocenters. The van der Waals surface area contributed by atoms with Crippen LogP contribution in [0.3, 0.4) is 0 Å². The minimum absolute atomic E-state index is 0.0145. The summed E-state index contributed by atoms with van der Waals surface area (Å²) in [5.41, 5.74) is 2.80. The van der Waals surface area contributed by atoms with Gasteiger partial charge in [0.15, 0.2) is 0 Å². The molecule has 2 aromatic rings. The Labute approximate surface area is 193 Å². The molecule has 172 valence electrons. The molecule has 2 aliphatic rings. The van der Waals surface area contributed by atoms with Crippen LogP contribution >= 0.6 is 0 Å². The molecule has 0 saturated carbocycles. The van der Waals surface area contributed by atoms with E-state index in [-0.39, 0.29) is 17.6 Å². The highest BCUT2D eigenvalue weighted by Crippen LogP contribution is 2.30. The van der Waals surface area contributed by atoms with E-state index < -0.39 is 4.92 Å². The van der Waals surface area contributed by atoms with Crippen molar-refractivity contribution in [2.45, 2.75) is 38.6 Å². The summed E-state index contributed by atoms with van der Waals surface area (Å²) in [6, 6.07) is 14.3. The molecule has 8 heteroatoms. The Morgan fingerprint density at radius 2 is 1.67 bits per heavy atom. The predicted octanol–water partition coefficient (Wildman–Crippen LogP) is 4.10. The number of nitro groups is 1. The lowest BCUT2D eigenvalue weighted by Gasteiger charge is -2.35. The Bertz CT molecular complexity index is 1050. The van der Waals surface area contributed by atoms with Crippen molar-refractivity contribution in [2.24, 2.45) is 5.92 Å². The number of piperidine rings is 2. The lowest BCUT2D eigenvalue weighted by atomic mass is 9.97. The Morgan fingerprint density at radius 3 is 2.27 bits per heavy atom. The number of anilines is 2. The SMILES string of the molecule is CC1CCN(c2ccc([N+](=O)[O-])cc2C(=O)NC2CCN(c3ccc(C#N)cc3)CC2)CC1. The molecule has 33 heavy (non-hydrogen) atoms. The number of nitrogens with zero attached hydrogens (tertiary/aromatic N) is 4. The number of carbonyl (C=O) groups excluding carboxylic acids is 1. The van der Waals surface area contributed by atoms with Crippen LogP contribution in [0.25, 0.3) is 0 Å². The molecule has 8 nitrogen and oxygen atoms in total. The average molecular weight is 448 g/mol. The van der Waals surface area contributed by atoms with E-state index in [1.165, 1.54) is 12.1 Å². The van der Waals surface area contributed by atoms with E-state index in [9.17, 15) is 14.9 Å². The average Bonchev–Trinajstić information content (AvgIpc) is 2.84. The molecule has 0 spiro atoms. The fourth-order valence-corrected chi connectivity index (χ4v) is 4.64. The molecule has 4 rings (SSSR count). The fourth-order valence-electron chi connectivity index (χ4n) is 4.64. The van der Waals surface area contributed by atoms with Gasteiger partial charge in [-0.15, -0.1) is 0 Å². The second kappa shape index (κ2) is 9.90. The first kappa shape index (κ1) is 22.6. The van der Waals surface area contributed by atoms with Gasteiger partial charge in [0.05, 0.1) is 27.8 Å². The molecular formula is C25H29N5O3. The second-order valence-corrected chi connectivity index (χ2v) is 9.02. The highest BCUT2D eigenvalue weighted by molar-refractivity contribution is 6.00. The van der Waals surface area contributed by atoms with Gasteiger partial charge in [-0.25, -0.2) is 0 Å². The van der Waals surface area contributed by atoms with Crippen LogP contribution in [0.1, 0.15) is 48.5 Å². The van der Waals surface area contributed by atoms with Crippen molar-refractivity contribution >= 4 is 23.0 Å². The van der Waals surface area contributed by atoms with Crippen molar-refractivity contribution in [3.63, 3.8) is 0 Å². The van der Waals surface area contributed by atoms with Crippen LogP contribution in [0.5, 0.6) is 0 Å². The standard InChI is InChI=1S/C25H29N5O3/c1-18-8-12-29(13-9-18)24-7-6-22(30(32)33)16-23(24)25(31)27-20-10-14-28(15-11-20)21-4-2-19(17-26)3-5-21/h2-7,16,18,20H,8-15H2,1H3,(H,27,31). The van der Waals surface area contributed by atoms with Gasteiger partial charge in [0.1, 0.15) is 0 Å². The number of nitriles is 1. The molecule has 2 aliphatic heterocycles. The first-order valence-electron chi connectivity index (χ1n) is 11.5. The van der Waals surface area contributed by atoms with Gasteiger partial charge in [0.25, 0.3) is 11.6 Å². The van der Waals surface area contributed by atoms with Crippen LogP contribution in [0.2, 0.25) is 0 Å². The molecule has 0 radical (unpaired) electrons. The first-order valence-corrected chi connectivity index (χ1v) is 11.5. The van der Waals surface area contributed by atoms with Gasteiger partial charge in [0, 0.05) is 50.0 Å². The monoisotopic (exact) mass is 447 g/mol. The van der Waals surface area contributed by atoms with E-state index in [2.05, 4.69) is 28.1 Å². The number of hydrogen-bond donors (Lipinski definition) is 1. The van der Waals surface area contributed by atoms with Crippen LogP contribution in [-0.2, 0) is 0 Å². The molecule has 1 amide bonds. The van der Waals surface area contributed by atoms with Crippen molar-refractivity contribution < 1.29 is 9.72 Å². The maximum atomic E-state index is 13.2. The number of nitro benzene ring substituents is 1. The zero-order valence-corrected chi connectivity index (χ0v) is 18.9. The van der Waals surface area contributed by atoms with Gasteiger partial charge in [-0.1, -0.05) is 6.92 Å². The molecule has 1 N–H and O–H groups in total. The molecule has 2 aromatic carbocycles. The highest BCUT2D eigenvalue weighted by Gasteiger charge is 2.26. The minimum Gasteiger partial charge on any atom is -0.371 e. The van der Waals surface area contributed by atoms with Gasteiger partial charge < -0.3 is 15.1 Å². The molecule has 0 aliphatic carbocycles. The third-order valence-corrected chi connectivity index (χ3v) is 6.75. The van der Waals surface area contributed by atoms with Gasteiger partial charge in [-0.05, 0) is 61.9 Å². The number of carbonyl (C=O) groups is 1. The first-order chi connectivity index (χ1) is 15.9. The van der Waals surface area contributed by atoms with Crippen LogP contribution in [-0.4, -0.2) is 43.1 Å². The van der Waals surface area contributed by atoms with Crippen LogP contribution in [0.15, 0.2) is 42.5 Å². The van der Waals surface area contributed by atoms with Crippen molar-refractivity contribution in [2.75, 3.05) is 36.0 Å². The molecule has 2 heterocycles. The van der Waals surface area contributed by atoms with E-state index in [1.54, 1.807) is 6.07 Å². The molecule has 2 saturated heterocycles. The van der Waals surface area contributed by atoms with Gasteiger partial charge in [-0.2, -0.15) is 5.26 Å². The van der Waals surface area contributed by atoms with Crippen molar-refractivity contribution in [1.82, 2.24) is 5.32 Å². The molecular weight excluding hydrogens is 418 g/mol. The van der Waals surface area contributed by atoms with Crippen molar-refractivity contribution in [3.05, 3.63) is 63.7 Å². The minimum atomic E-state index is -0.449. The number of nitrogens with one attached hydrogen (secondary N) is 1. The van der Waals surface area contributed by atoms with Crippen molar-refractivity contribution in [3.8, 4) is 6.07 Å². The molecule has 0 atom stereocenters. The summed E-state index contributed by atoms with van der Waals surface area (Å²) in [7, 11) is 0. The van der Waals surface area contributed by atoms with Crippen LogP contribution < -0.4 is 15.1 Å². The Kier molecular flexibility index (Phi) is 6.78. The van der Waals surface area contributed by atoms with Gasteiger partial charge in [0.2, 0.25) is 0 Å². The maximum Gasteiger partial charge on any atom is 0.270 e. The lowest BCUT2D eigenvalue weighted by molar-refractivity contribution is -0.384. The zero-order chi connectivity index (χ0) is 23.4. The quantitative estimate of drug-likeness (QED) is 0.547. The normalized spacial score (nSPS) is 17.5. The Morgan fingerprint density at radius 1 is 1.03 bits per heavy atom.